The van der Waals surface area contributed by atoms with Gasteiger partial charge in [0.2, 0.25) is 10.0 Å². The quantitative estimate of drug-likeness (QED) is 0.608. The molecule has 0 aromatic heterocycles. The molecule has 0 spiro atoms. The molecule has 1 aliphatic rings. The molecule has 1 heterocycles. The van der Waals surface area contributed by atoms with E-state index in [0.717, 1.165) is 24.0 Å². The molecule has 0 radical (unpaired) electrons. The average Bonchev–Trinajstić information content (AvgIpc) is 2.65. The van der Waals surface area contributed by atoms with Crippen molar-refractivity contribution in [1.82, 2.24) is 4.31 Å². The van der Waals surface area contributed by atoms with E-state index in [2.05, 4.69) is 0 Å². The van der Waals surface area contributed by atoms with Crippen LogP contribution in [-0.2, 0) is 14.8 Å². The summed E-state index contributed by atoms with van der Waals surface area (Å²) < 4.78 is 32.7. The van der Waals surface area contributed by atoms with Crippen LogP contribution in [0.15, 0.2) is 53.4 Å². The summed E-state index contributed by atoms with van der Waals surface area (Å²) in [4.78, 5) is 12.9. The number of benzene rings is 2. The van der Waals surface area contributed by atoms with Crippen LogP contribution in [0.5, 0.6) is 5.75 Å². The third-order valence-corrected chi connectivity index (χ3v) is 6.69. The van der Waals surface area contributed by atoms with E-state index in [1.165, 1.54) is 4.31 Å². The summed E-state index contributed by atoms with van der Waals surface area (Å²) in [5.41, 5.74) is 2.13. The van der Waals surface area contributed by atoms with E-state index >= 15 is 0 Å². The molecule has 138 valence electrons. The zero-order chi connectivity index (χ0) is 18.7. The summed E-state index contributed by atoms with van der Waals surface area (Å²) in [6, 6.07) is 12.9. The highest BCUT2D eigenvalue weighted by atomic mass is 32.2. The number of hydrogen-bond acceptors (Lipinski definition) is 4. The van der Waals surface area contributed by atoms with Crippen LogP contribution in [0.1, 0.15) is 30.4 Å². The van der Waals surface area contributed by atoms with Crippen molar-refractivity contribution in [3.63, 3.8) is 0 Å². The van der Waals surface area contributed by atoms with Crippen molar-refractivity contribution in [2.24, 2.45) is 0 Å². The third kappa shape index (κ3) is 3.81. The minimum atomic E-state index is -3.73. The van der Waals surface area contributed by atoms with Crippen LogP contribution >= 0.6 is 0 Å². The third-order valence-electron chi connectivity index (χ3n) is 4.77. The first-order valence-electron chi connectivity index (χ1n) is 8.75. The summed E-state index contributed by atoms with van der Waals surface area (Å²) in [7, 11) is -3.73. The van der Waals surface area contributed by atoms with Gasteiger partial charge in [0.1, 0.15) is 11.8 Å². The molecule has 0 saturated carbocycles. The maximum absolute atomic E-state index is 13.0. The molecule has 0 N–H and O–H groups in total. The number of rotatable bonds is 4. The zero-order valence-electron chi connectivity index (χ0n) is 15.0. The Kier molecular flexibility index (Phi) is 5.44. The Morgan fingerprint density at radius 1 is 1.04 bits per heavy atom. The largest absolute Gasteiger partial charge is 0.425 e. The lowest BCUT2D eigenvalue weighted by molar-refractivity contribution is -0.139. The molecule has 2 aromatic rings. The second-order valence-corrected chi connectivity index (χ2v) is 8.50. The van der Waals surface area contributed by atoms with Gasteiger partial charge in [-0.05, 0) is 68.5 Å². The molecule has 0 amide bonds. The summed E-state index contributed by atoms with van der Waals surface area (Å²) in [5, 5.41) is 0. The van der Waals surface area contributed by atoms with E-state index in [1.807, 2.05) is 19.9 Å². The topological polar surface area (TPSA) is 63.7 Å². The maximum Gasteiger partial charge on any atom is 0.329 e. The van der Waals surface area contributed by atoms with Gasteiger partial charge in [-0.25, -0.2) is 13.2 Å². The number of piperidine rings is 1. The number of esters is 1. The number of nitrogens with zero attached hydrogens (tertiary/aromatic N) is 1. The number of ether oxygens (including phenoxy) is 1. The van der Waals surface area contributed by atoms with Crippen LogP contribution in [0.4, 0.5) is 0 Å². The summed E-state index contributed by atoms with van der Waals surface area (Å²) in [5.74, 6) is -0.0757. The fourth-order valence-corrected chi connectivity index (χ4v) is 4.79. The monoisotopic (exact) mass is 373 g/mol. The lowest BCUT2D eigenvalue weighted by Crippen LogP contribution is -2.49. The van der Waals surface area contributed by atoms with E-state index in [1.54, 1.807) is 42.5 Å². The summed E-state index contributed by atoms with van der Waals surface area (Å²) >= 11 is 0. The number of aryl methyl sites for hydroxylation is 2. The van der Waals surface area contributed by atoms with Crippen LogP contribution in [0, 0.1) is 13.8 Å². The van der Waals surface area contributed by atoms with Crippen LogP contribution in [0.2, 0.25) is 0 Å². The Balaban J connectivity index is 1.84. The highest BCUT2D eigenvalue weighted by Crippen LogP contribution is 2.27. The minimum Gasteiger partial charge on any atom is -0.425 e. The Morgan fingerprint density at radius 3 is 2.46 bits per heavy atom. The predicted octanol–water partition coefficient (Wildman–Crippen LogP) is 3.45. The van der Waals surface area contributed by atoms with E-state index in [0.29, 0.717) is 18.7 Å². The Bertz CT molecular complexity index is 893. The molecule has 1 atom stereocenters. The van der Waals surface area contributed by atoms with Crippen LogP contribution in [0.25, 0.3) is 0 Å². The maximum atomic E-state index is 13.0. The Hall–Kier alpha value is -2.18. The van der Waals surface area contributed by atoms with Gasteiger partial charge in [0.25, 0.3) is 0 Å². The van der Waals surface area contributed by atoms with Crippen LogP contribution in [0.3, 0.4) is 0 Å². The molecule has 5 nitrogen and oxygen atoms in total. The standard InChI is InChI=1S/C20H23NO4S/c1-15-11-12-17(14-16(15)2)25-20(22)19-10-6-7-13-21(19)26(23,24)18-8-4-3-5-9-18/h3-5,8-9,11-12,14,19H,6-7,10,13H2,1-2H3/t19-/m0/s1. The van der Waals surface area contributed by atoms with Crippen molar-refractivity contribution in [1.29, 1.82) is 0 Å². The van der Waals surface area contributed by atoms with Crippen molar-refractivity contribution >= 4 is 16.0 Å². The molecular weight excluding hydrogens is 350 g/mol. The average molecular weight is 373 g/mol. The molecule has 0 bridgehead atoms. The van der Waals surface area contributed by atoms with Crippen LogP contribution in [-0.4, -0.2) is 31.3 Å². The van der Waals surface area contributed by atoms with Gasteiger partial charge in [-0.15, -0.1) is 0 Å². The first-order chi connectivity index (χ1) is 12.4. The molecule has 0 aliphatic carbocycles. The summed E-state index contributed by atoms with van der Waals surface area (Å²) in [6.07, 6.45) is 2.00. The molecule has 1 aliphatic heterocycles. The van der Waals surface area contributed by atoms with Crippen molar-refractivity contribution in [3.05, 3.63) is 59.7 Å². The predicted molar refractivity (Wildman–Crippen MR) is 99.5 cm³/mol. The second kappa shape index (κ2) is 7.60. The van der Waals surface area contributed by atoms with Crippen molar-refractivity contribution in [2.45, 2.75) is 44.0 Å². The van der Waals surface area contributed by atoms with Gasteiger partial charge in [0, 0.05) is 6.54 Å². The van der Waals surface area contributed by atoms with Crippen molar-refractivity contribution < 1.29 is 17.9 Å². The lowest BCUT2D eigenvalue weighted by atomic mass is 10.1. The normalized spacial score (nSPS) is 18.5. The fourth-order valence-electron chi connectivity index (χ4n) is 3.12. The van der Waals surface area contributed by atoms with Gasteiger partial charge in [-0.1, -0.05) is 24.3 Å². The molecule has 3 rings (SSSR count). The molecule has 2 aromatic carbocycles. The zero-order valence-corrected chi connectivity index (χ0v) is 15.8. The molecule has 6 heteroatoms. The first-order valence-corrected chi connectivity index (χ1v) is 10.2. The van der Waals surface area contributed by atoms with E-state index in [9.17, 15) is 13.2 Å². The van der Waals surface area contributed by atoms with E-state index in [4.69, 9.17) is 4.74 Å². The smallest absolute Gasteiger partial charge is 0.329 e. The molecular formula is C20H23NO4S. The molecule has 26 heavy (non-hydrogen) atoms. The molecule has 0 unspecified atom stereocenters. The number of hydrogen-bond donors (Lipinski definition) is 0. The van der Waals surface area contributed by atoms with Gasteiger partial charge >= 0.3 is 5.97 Å². The Morgan fingerprint density at radius 2 is 1.77 bits per heavy atom. The van der Waals surface area contributed by atoms with Gasteiger partial charge in [0.05, 0.1) is 4.90 Å². The van der Waals surface area contributed by atoms with E-state index < -0.39 is 22.0 Å². The minimum absolute atomic E-state index is 0.200. The molecule has 1 fully saturated rings. The van der Waals surface area contributed by atoms with Crippen molar-refractivity contribution in [2.75, 3.05) is 6.54 Å². The highest BCUT2D eigenvalue weighted by molar-refractivity contribution is 7.89. The van der Waals surface area contributed by atoms with Gasteiger partial charge in [0.15, 0.2) is 0 Å². The number of carbonyl (C=O) groups excluding carboxylic acids is 1. The number of carbonyl (C=O) groups is 1. The van der Waals surface area contributed by atoms with Gasteiger partial charge in [-0.3, -0.25) is 0 Å². The molecule has 1 saturated heterocycles. The number of sulfonamides is 1. The van der Waals surface area contributed by atoms with Gasteiger partial charge in [-0.2, -0.15) is 4.31 Å². The Labute approximate surface area is 154 Å². The first kappa shape index (κ1) is 18.6. The highest BCUT2D eigenvalue weighted by Gasteiger charge is 2.38. The SMILES string of the molecule is Cc1ccc(OC(=O)[C@@H]2CCCCN2S(=O)(=O)c2ccccc2)cc1C. The summed E-state index contributed by atoms with van der Waals surface area (Å²) in [6.45, 7) is 4.25. The van der Waals surface area contributed by atoms with Gasteiger partial charge < -0.3 is 4.74 Å². The van der Waals surface area contributed by atoms with E-state index in [-0.39, 0.29) is 4.90 Å². The second-order valence-electron chi connectivity index (χ2n) is 6.61. The van der Waals surface area contributed by atoms with Crippen molar-refractivity contribution in [3.8, 4) is 5.75 Å². The fraction of sp³-hybridized carbons (Fsp3) is 0.350. The lowest BCUT2D eigenvalue weighted by Gasteiger charge is -2.33. The van der Waals surface area contributed by atoms with Crippen LogP contribution < -0.4 is 4.74 Å².